The normalized spacial score (nSPS) is 14.8. The van der Waals surface area contributed by atoms with Crippen LogP contribution in [0.25, 0.3) is 0 Å². The van der Waals surface area contributed by atoms with Gasteiger partial charge in [-0.2, -0.15) is 5.10 Å². The molecule has 0 atom stereocenters. The van der Waals surface area contributed by atoms with Crippen LogP contribution in [0.4, 0.5) is 0 Å². The Morgan fingerprint density at radius 3 is 2.29 bits per heavy atom. The number of rotatable bonds is 5. The second-order valence-electron chi connectivity index (χ2n) is 8.40. The summed E-state index contributed by atoms with van der Waals surface area (Å²) in [5.41, 5.74) is 6.53. The van der Waals surface area contributed by atoms with Crippen molar-refractivity contribution in [3.63, 3.8) is 0 Å². The molecule has 5 nitrogen and oxygen atoms in total. The van der Waals surface area contributed by atoms with Crippen molar-refractivity contribution in [2.45, 2.75) is 33.9 Å². The van der Waals surface area contributed by atoms with Crippen LogP contribution in [-0.2, 0) is 13.1 Å². The van der Waals surface area contributed by atoms with Gasteiger partial charge in [0, 0.05) is 38.3 Å². The van der Waals surface area contributed by atoms with Crippen LogP contribution in [0.2, 0.25) is 0 Å². The van der Waals surface area contributed by atoms with E-state index in [9.17, 15) is 4.79 Å². The number of piperazine rings is 1. The summed E-state index contributed by atoms with van der Waals surface area (Å²) in [7, 11) is 0. The Bertz CT molecular complexity index is 1070. The molecule has 3 aromatic rings. The third-order valence-electron chi connectivity index (χ3n) is 5.99. The lowest BCUT2D eigenvalue weighted by Gasteiger charge is -2.35. The van der Waals surface area contributed by atoms with Gasteiger partial charge in [0.1, 0.15) is 0 Å². The van der Waals surface area contributed by atoms with Gasteiger partial charge in [-0.15, -0.1) is 0 Å². The molecule has 1 amide bonds. The van der Waals surface area contributed by atoms with E-state index in [1.807, 2.05) is 34.7 Å². The van der Waals surface area contributed by atoms with Crippen LogP contribution in [0.1, 0.15) is 38.4 Å². The zero-order valence-electron chi connectivity index (χ0n) is 18.4. The molecule has 4 rings (SSSR count). The van der Waals surface area contributed by atoms with Crippen LogP contribution >= 0.6 is 15.9 Å². The van der Waals surface area contributed by atoms with Crippen LogP contribution in [0.5, 0.6) is 0 Å². The average molecular weight is 481 g/mol. The molecule has 1 saturated heterocycles. The summed E-state index contributed by atoms with van der Waals surface area (Å²) in [6, 6.07) is 16.7. The zero-order chi connectivity index (χ0) is 22.0. The van der Waals surface area contributed by atoms with E-state index < -0.39 is 0 Å². The van der Waals surface area contributed by atoms with E-state index in [1.165, 1.54) is 11.1 Å². The van der Waals surface area contributed by atoms with Crippen molar-refractivity contribution in [3.8, 4) is 0 Å². The Morgan fingerprint density at radius 2 is 1.65 bits per heavy atom. The van der Waals surface area contributed by atoms with Crippen LogP contribution in [0, 0.1) is 20.8 Å². The van der Waals surface area contributed by atoms with E-state index in [1.54, 1.807) is 0 Å². The quantitative estimate of drug-likeness (QED) is 0.536. The average Bonchev–Trinajstić information content (AvgIpc) is 3.02. The lowest BCUT2D eigenvalue weighted by molar-refractivity contribution is 0.0628. The Hall–Kier alpha value is -2.44. The number of aromatic nitrogens is 2. The Balaban J connectivity index is 1.37. The Kier molecular flexibility index (Phi) is 6.58. The molecule has 0 spiro atoms. The number of carbonyl (C=O) groups excluding carboxylic acids is 1. The van der Waals surface area contributed by atoms with E-state index in [0.717, 1.165) is 59.7 Å². The molecular formula is C25H29BrN4O. The summed E-state index contributed by atoms with van der Waals surface area (Å²) < 4.78 is 3.02. The monoisotopic (exact) mass is 480 g/mol. The molecule has 31 heavy (non-hydrogen) atoms. The molecule has 2 aromatic carbocycles. The maximum absolute atomic E-state index is 13.1. The van der Waals surface area contributed by atoms with Gasteiger partial charge in [0.15, 0.2) is 0 Å². The maximum Gasteiger partial charge on any atom is 0.253 e. The summed E-state index contributed by atoms with van der Waals surface area (Å²) in [6.45, 7) is 11.1. The van der Waals surface area contributed by atoms with Crippen molar-refractivity contribution in [3.05, 3.63) is 86.6 Å². The predicted molar refractivity (Wildman–Crippen MR) is 127 cm³/mol. The van der Waals surface area contributed by atoms with Gasteiger partial charge in [0.25, 0.3) is 5.91 Å². The number of carbonyl (C=O) groups is 1. The van der Waals surface area contributed by atoms with E-state index >= 15 is 0 Å². The number of halogens is 1. The molecule has 6 heteroatoms. The lowest BCUT2D eigenvalue weighted by atomic mass is 10.1. The van der Waals surface area contributed by atoms with Crippen molar-refractivity contribution < 1.29 is 4.79 Å². The standard InChI is InChI=1S/C25H29BrN4O/c1-18-7-9-21(10-8-18)16-28-11-13-29(14-12-28)25(31)23-6-4-5-22(15-23)17-30-20(3)24(26)19(2)27-30/h4-10,15H,11-14,16-17H2,1-3H3. The molecule has 0 unspecified atom stereocenters. The minimum absolute atomic E-state index is 0.117. The molecule has 0 saturated carbocycles. The summed E-state index contributed by atoms with van der Waals surface area (Å²) in [6.07, 6.45) is 0. The molecule has 1 aromatic heterocycles. The highest BCUT2D eigenvalue weighted by molar-refractivity contribution is 9.10. The minimum atomic E-state index is 0.117. The highest BCUT2D eigenvalue weighted by Crippen LogP contribution is 2.21. The molecule has 1 aliphatic heterocycles. The summed E-state index contributed by atoms with van der Waals surface area (Å²) >= 11 is 3.58. The fourth-order valence-electron chi connectivity index (χ4n) is 4.05. The summed E-state index contributed by atoms with van der Waals surface area (Å²) in [5.74, 6) is 0.117. The third-order valence-corrected chi connectivity index (χ3v) is 7.13. The first-order chi connectivity index (χ1) is 14.9. The molecule has 1 aliphatic rings. The number of nitrogens with zero attached hydrogens (tertiary/aromatic N) is 4. The highest BCUT2D eigenvalue weighted by atomic mass is 79.9. The number of benzene rings is 2. The van der Waals surface area contributed by atoms with Gasteiger partial charge in [-0.1, -0.05) is 42.0 Å². The number of amides is 1. The van der Waals surface area contributed by atoms with Gasteiger partial charge >= 0.3 is 0 Å². The number of aryl methyl sites for hydroxylation is 2. The highest BCUT2D eigenvalue weighted by Gasteiger charge is 2.22. The van der Waals surface area contributed by atoms with Gasteiger partial charge in [-0.05, 0) is 60.0 Å². The molecule has 162 valence electrons. The van der Waals surface area contributed by atoms with Gasteiger partial charge in [-0.25, -0.2) is 0 Å². The first-order valence-electron chi connectivity index (χ1n) is 10.8. The third kappa shape index (κ3) is 5.08. The maximum atomic E-state index is 13.1. The van der Waals surface area contributed by atoms with Gasteiger partial charge in [0.05, 0.1) is 22.4 Å². The largest absolute Gasteiger partial charge is 0.336 e. The molecule has 1 fully saturated rings. The number of hydrogen-bond acceptors (Lipinski definition) is 3. The molecule has 0 radical (unpaired) electrons. The first-order valence-corrected chi connectivity index (χ1v) is 11.6. The van der Waals surface area contributed by atoms with Crippen LogP contribution in [-0.4, -0.2) is 51.7 Å². The Labute approximate surface area is 192 Å². The van der Waals surface area contributed by atoms with Gasteiger partial charge < -0.3 is 4.90 Å². The SMILES string of the molecule is Cc1ccc(CN2CCN(C(=O)c3cccc(Cn4nc(C)c(Br)c4C)c3)CC2)cc1. The number of hydrogen-bond donors (Lipinski definition) is 0. The fourth-order valence-corrected chi connectivity index (χ4v) is 4.33. The summed E-state index contributed by atoms with van der Waals surface area (Å²) in [5, 5.41) is 4.59. The molecule has 2 heterocycles. The lowest BCUT2D eigenvalue weighted by Crippen LogP contribution is -2.48. The zero-order valence-corrected chi connectivity index (χ0v) is 20.0. The second-order valence-corrected chi connectivity index (χ2v) is 9.19. The molecular weight excluding hydrogens is 452 g/mol. The van der Waals surface area contributed by atoms with Crippen LogP contribution < -0.4 is 0 Å². The van der Waals surface area contributed by atoms with Crippen molar-refractivity contribution in [1.29, 1.82) is 0 Å². The first kappa shape index (κ1) is 21.8. The van der Waals surface area contributed by atoms with Crippen LogP contribution in [0.15, 0.2) is 53.0 Å². The summed E-state index contributed by atoms with van der Waals surface area (Å²) in [4.78, 5) is 17.5. The Morgan fingerprint density at radius 1 is 0.935 bits per heavy atom. The smallest absolute Gasteiger partial charge is 0.253 e. The van der Waals surface area contributed by atoms with E-state index in [-0.39, 0.29) is 5.91 Å². The van der Waals surface area contributed by atoms with E-state index in [2.05, 4.69) is 70.1 Å². The van der Waals surface area contributed by atoms with Gasteiger partial charge in [-0.3, -0.25) is 14.4 Å². The molecule has 0 N–H and O–H groups in total. The van der Waals surface area contributed by atoms with E-state index in [0.29, 0.717) is 6.54 Å². The minimum Gasteiger partial charge on any atom is -0.336 e. The molecule has 0 aliphatic carbocycles. The van der Waals surface area contributed by atoms with Crippen LogP contribution in [0.3, 0.4) is 0 Å². The van der Waals surface area contributed by atoms with Gasteiger partial charge in [0.2, 0.25) is 0 Å². The van der Waals surface area contributed by atoms with Crippen molar-refractivity contribution in [1.82, 2.24) is 19.6 Å². The van der Waals surface area contributed by atoms with Crippen molar-refractivity contribution in [2.24, 2.45) is 0 Å². The van der Waals surface area contributed by atoms with Crippen molar-refractivity contribution >= 4 is 21.8 Å². The fraction of sp³-hybridized carbons (Fsp3) is 0.360. The predicted octanol–water partition coefficient (Wildman–Crippen LogP) is 4.58. The van der Waals surface area contributed by atoms with Crippen molar-refractivity contribution in [2.75, 3.05) is 26.2 Å². The molecule has 0 bridgehead atoms. The van der Waals surface area contributed by atoms with E-state index in [4.69, 9.17) is 0 Å². The topological polar surface area (TPSA) is 41.4 Å². The second kappa shape index (κ2) is 9.37.